The van der Waals surface area contributed by atoms with Crippen LogP contribution in [0.2, 0.25) is 0 Å². The zero-order valence-electron chi connectivity index (χ0n) is 18.3. The third kappa shape index (κ3) is 5.99. The molecule has 0 aromatic heterocycles. The van der Waals surface area contributed by atoms with Crippen molar-refractivity contribution in [3.05, 3.63) is 71.8 Å². The minimum Gasteiger partial charge on any atom is -0.492 e. The van der Waals surface area contributed by atoms with Crippen LogP contribution in [0.25, 0.3) is 10.8 Å². The molecule has 1 aliphatic rings. The van der Waals surface area contributed by atoms with Gasteiger partial charge in [0.2, 0.25) is 0 Å². The van der Waals surface area contributed by atoms with Crippen LogP contribution < -0.4 is 9.47 Å². The van der Waals surface area contributed by atoms with Crippen molar-refractivity contribution in [2.24, 2.45) is 0 Å². The van der Waals surface area contributed by atoms with E-state index in [2.05, 4.69) is 59.5 Å². The maximum absolute atomic E-state index is 9.18. The van der Waals surface area contributed by atoms with Gasteiger partial charge in [-0.3, -0.25) is 4.90 Å². The van der Waals surface area contributed by atoms with Crippen LogP contribution in [0, 0.1) is 0 Å². The van der Waals surface area contributed by atoms with Gasteiger partial charge in [-0.25, -0.2) is 0 Å². The lowest BCUT2D eigenvalue weighted by molar-refractivity contribution is 0.200. The predicted molar refractivity (Wildman–Crippen MR) is 126 cm³/mol. The van der Waals surface area contributed by atoms with Crippen LogP contribution >= 0.6 is 0 Å². The van der Waals surface area contributed by atoms with Gasteiger partial charge in [0.15, 0.2) is 0 Å². The molecule has 0 bridgehead atoms. The highest BCUT2D eigenvalue weighted by Gasteiger charge is 2.11. The second kappa shape index (κ2) is 11.2. The number of aliphatic hydroxyl groups is 1. The molecule has 1 aliphatic heterocycles. The van der Waals surface area contributed by atoms with E-state index in [1.165, 1.54) is 55.1 Å². The Labute approximate surface area is 185 Å². The van der Waals surface area contributed by atoms with Crippen molar-refractivity contribution < 1.29 is 14.6 Å². The monoisotopic (exact) mass is 419 g/mol. The maximum atomic E-state index is 9.18. The Hall–Kier alpha value is -2.56. The SMILES string of the molecule is OCCOc1ccc2ccccc2c1Cc1ccc(OCCN2CCCCCC2)cc1. The fraction of sp³-hybridized carbons (Fsp3) is 0.407. The van der Waals surface area contributed by atoms with Crippen molar-refractivity contribution >= 4 is 10.8 Å². The smallest absolute Gasteiger partial charge is 0.123 e. The molecule has 0 radical (unpaired) electrons. The van der Waals surface area contributed by atoms with Crippen LogP contribution in [0.5, 0.6) is 11.5 Å². The van der Waals surface area contributed by atoms with Crippen molar-refractivity contribution in [2.45, 2.75) is 32.1 Å². The molecule has 3 aromatic rings. The second-order valence-corrected chi connectivity index (χ2v) is 8.26. The molecule has 3 aromatic carbocycles. The molecule has 0 spiro atoms. The summed E-state index contributed by atoms with van der Waals surface area (Å²) < 4.78 is 11.8. The molecule has 164 valence electrons. The molecule has 0 amide bonds. The summed E-state index contributed by atoms with van der Waals surface area (Å²) in [6.45, 7) is 4.46. The van der Waals surface area contributed by atoms with Gasteiger partial charge in [-0.15, -0.1) is 0 Å². The maximum Gasteiger partial charge on any atom is 0.123 e. The Balaban J connectivity index is 1.41. The number of hydrogen-bond acceptors (Lipinski definition) is 4. The van der Waals surface area contributed by atoms with Crippen LogP contribution in [0.1, 0.15) is 36.8 Å². The lowest BCUT2D eigenvalue weighted by Gasteiger charge is -2.19. The summed E-state index contributed by atoms with van der Waals surface area (Å²) in [6.07, 6.45) is 6.13. The summed E-state index contributed by atoms with van der Waals surface area (Å²) in [7, 11) is 0. The molecule has 4 heteroatoms. The van der Waals surface area contributed by atoms with Gasteiger partial charge in [0.05, 0.1) is 6.61 Å². The minimum absolute atomic E-state index is 0.00965. The van der Waals surface area contributed by atoms with E-state index in [9.17, 15) is 5.11 Å². The summed E-state index contributed by atoms with van der Waals surface area (Å²) in [5.41, 5.74) is 2.37. The number of aliphatic hydroxyl groups excluding tert-OH is 1. The predicted octanol–water partition coefficient (Wildman–Crippen LogP) is 5.06. The fourth-order valence-electron chi connectivity index (χ4n) is 4.35. The zero-order valence-corrected chi connectivity index (χ0v) is 18.3. The van der Waals surface area contributed by atoms with E-state index in [1.54, 1.807) is 0 Å². The standard InChI is InChI=1S/C27H33NO3/c29-18-20-31-27-14-11-23-7-3-4-8-25(23)26(27)21-22-9-12-24(13-10-22)30-19-17-28-15-5-1-2-6-16-28/h3-4,7-14,29H,1-2,5-6,15-21H2. The van der Waals surface area contributed by atoms with Gasteiger partial charge in [0, 0.05) is 18.5 Å². The van der Waals surface area contributed by atoms with Gasteiger partial charge >= 0.3 is 0 Å². The third-order valence-corrected chi connectivity index (χ3v) is 6.03. The molecule has 1 N–H and O–H groups in total. The first-order valence-electron chi connectivity index (χ1n) is 11.5. The summed E-state index contributed by atoms with van der Waals surface area (Å²) in [5, 5.41) is 11.6. The first-order valence-corrected chi connectivity index (χ1v) is 11.5. The van der Waals surface area contributed by atoms with Gasteiger partial charge in [0.1, 0.15) is 24.7 Å². The van der Waals surface area contributed by atoms with E-state index in [0.717, 1.165) is 36.6 Å². The third-order valence-electron chi connectivity index (χ3n) is 6.03. The average Bonchev–Trinajstić information content (AvgIpc) is 3.08. The largest absolute Gasteiger partial charge is 0.492 e. The van der Waals surface area contributed by atoms with E-state index in [0.29, 0.717) is 6.61 Å². The Morgan fingerprint density at radius 2 is 1.55 bits per heavy atom. The molecule has 4 rings (SSSR count). The Bertz CT molecular complexity index is 946. The molecular weight excluding hydrogens is 386 g/mol. The molecule has 0 atom stereocenters. The van der Waals surface area contributed by atoms with E-state index < -0.39 is 0 Å². The van der Waals surface area contributed by atoms with Crippen LogP contribution in [-0.2, 0) is 6.42 Å². The normalized spacial score (nSPS) is 15.0. The molecule has 31 heavy (non-hydrogen) atoms. The molecule has 0 unspecified atom stereocenters. The Kier molecular flexibility index (Phi) is 7.81. The summed E-state index contributed by atoms with van der Waals surface area (Å²) in [6, 6.07) is 20.9. The summed E-state index contributed by atoms with van der Waals surface area (Å²) in [5.74, 6) is 1.76. The van der Waals surface area contributed by atoms with Gasteiger partial charge in [-0.05, 0) is 60.5 Å². The molecule has 4 nitrogen and oxygen atoms in total. The van der Waals surface area contributed by atoms with Crippen LogP contribution in [0.3, 0.4) is 0 Å². The summed E-state index contributed by atoms with van der Waals surface area (Å²) in [4.78, 5) is 2.52. The average molecular weight is 420 g/mol. The van der Waals surface area contributed by atoms with Crippen molar-refractivity contribution in [2.75, 3.05) is 39.5 Å². The highest BCUT2D eigenvalue weighted by atomic mass is 16.5. The van der Waals surface area contributed by atoms with Gasteiger partial charge in [-0.1, -0.05) is 55.3 Å². The fourth-order valence-corrected chi connectivity index (χ4v) is 4.35. The molecule has 0 aliphatic carbocycles. The highest BCUT2D eigenvalue weighted by Crippen LogP contribution is 2.30. The van der Waals surface area contributed by atoms with Gasteiger partial charge < -0.3 is 14.6 Å². The number of ether oxygens (including phenoxy) is 2. The molecular formula is C27H33NO3. The lowest BCUT2D eigenvalue weighted by atomic mass is 9.97. The molecule has 1 heterocycles. The lowest BCUT2D eigenvalue weighted by Crippen LogP contribution is -2.29. The number of benzene rings is 3. The first-order chi connectivity index (χ1) is 15.3. The number of likely N-dealkylation sites (tertiary alicyclic amines) is 1. The van der Waals surface area contributed by atoms with Crippen LogP contribution in [0.4, 0.5) is 0 Å². The Morgan fingerprint density at radius 3 is 2.32 bits per heavy atom. The molecule has 1 fully saturated rings. The highest BCUT2D eigenvalue weighted by molar-refractivity contribution is 5.88. The van der Waals surface area contributed by atoms with E-state index >= 15 is 0 Å². The summed E-state index contributed by atoms with van der Waals surface area (Å²) >= 11 is 0. The zero-order chi connectivity index (χ0) is 21.3. The van der Waals surface area contributed by atoms with Gasteiger partial charge in [-0.2, -0.15) is 0 Å². The van der Waals surface area contributed by atoms with Crippen LogP contribution in [0.15, 0.2) is 60.7 Å². The quantitative estimate of drug-likeness (QED) is 0.527. The first kappa shape index (κ1) is 21.7. The second-order valence-electron chi connectivity index (χ2n) is 8.26. The van der Waals surface area contributed by atoms with Crippen molar-refractivity contribution in [3.63, 3.8) is 0 Å². The minimum atomic E-state index is 0.00965. The topological polar surface area (TPSA) is 41.9 Å². The van der Waals surface area contributed by atoms with E-state index in [1.807, 2.05) is 6.07 Å². The molecule has 1 saturated heterocycles. The van der Waals surface area contributed by atoms with Gasteiger partial charge in [0.25, 0.3) is 0 Å². The van der Waals surface area contributed by atoms with Crippen molar-refractivity contribution in [1.29, 1.82) is 0 Å². The van der Waals surface area contributed by atoms with E-state index in [-0.39, 0.29) is 6.61 Å². The van der Waals surface area contributed by atoms with Crippen LogP contribution in [-0.4, -0.2) is 49.5 Å². The number of rotatable bonds is 9. The number of fused-ring (bicyclic) bond motifs is 1. The van der Waals surface area contributed by atoms with E-state index in [4.69, 9.17) is 9.47 Å². The van der Waals surface area contributed by atoms with Crippen molar-refractivity contribution in [3.8, 4) is 11.5 Å². The number of hydrogen-bond donors (Lipinski definition) is 1. The Morgan fingerprint density at radius 1 is 0.774 bits per heavy atom. The molecule has 0 saturated carbocycles. The van der Waals surface area contributed by atoms with Crippen molar-refractivity contribution in [1.82, 2.24) is 4.90 Å². The number of nitrogens with zero attached hydrogens (tertiary/aromatic N) is 1.